The van der Waals surface area contributed by atoms with Crippen molar-refractivity contribution in [3.63, 3.8) is 0 Å². The standard InChI is InChI=1S/C18H36N2/c1-16(2)11-7-6-8-13-18(15-20-19-5)14-10-9-12-17(3)4/h15-17H,6-14H2,1-5H3/b18-15-,20-19?. The van der Waals surface area contributed by atoms with Crippen molar-refractivity contribution in [1.82, 2.24) is 0 Å². The van der Waals surface area contributed by atoms with E-state index in [-0.39, 0.29) is 0 Å². The lowest BCUT2D eigenvalue weighted by atomic mass is 9.98. The Labute approximate surface area is 127 Å². The van der Waals surface area contributed by atoms with E-state index in [0.717, 1.165) is 11.8 Å². The molecule has 0 spiro atoms. The van der Waals surface area contributed by atoms with E-state index in [0.29, 0.717) is 0 Å². The molecule has 0 saturated heterocycles. The van der Waals surface area contributed by atoms with Crippen molar-refractivity contribution in [3.8, 4) is 0 Å². The molecule has 0 atom stereocenters. The Morgan fingerprint density at radius 2 is 1.30 bits per heavy atom. The second kappa shape index (κ2) is 13.3. The summed E-state index contributed by atoms with van der Waals surface area (Å²) in [5.41, 5.74) is 1.49. The van der Waals surface area contributed by atoms with Crippen molar-refractivity contribution < 1.29 is 0 Å². The van der Waals surface area contributed by atoms with Crippen LogP contribution in [0.25, 0.3) is 0 Å². The Morgan fingerprint density at radius 3 is 1.80 bits per heavy atom. The molecule has 0 aliphatic carbocycles. The molecule has 0 fully saturated rings. The molecule has 0 rings (SSSR count). The van der Waals surface area contributed by atoms with Gasteiger partial charge >= 0.3 is 0 Å². The van der Waals surface area contributed by atoms with Crippen LogP contribution in [0.3, 0.4) is 0 Å². The maximum absolute atomic E-state index is 4.08. The molecule has 0 aromatic rings. The number of hydrogen-bond donors (Lipinski definition) is 0. The van der Waals surface area contributed by atoms with E-state index in [4.69, 9.17) is 0 Å². The molecule has 0 N–H and O–H groups in total. The summed E-state index contributed by atoms with van der Waals surface area (Å²) in [4.78, 5) is 0. The molecule has 2 nitrogen and oxygen atoms in total. The van der Waals surface area contributed by atoms with Crippen molar-refractivity contribution in [2.75, 3.05) is 7.05 Å². The van der Waals surface area contributed by atoms with E-state index in [9.17, 15) is 0 Å². The Kier molecular flexibility index (Phi) is 12.9. The quantitative estimate of drug-likeness (QED) is 0.278. The van der Waals surface area contributed by atoms with Crippen LogP contribution in [0.2, 0.25) is 0 Å². The van der Waals surface area contributed by atoms with Crippen LogP contribution in [-0.2, 0) is 0 Å². The Bertz CT molecular complexity index is 265. The average Bonchev–Trinajstić information content (AvgIpc) is 2.38. The third-order valence-electron chi connectivity index (χ3n) is 3.66. The van der Waals surface area contributed by atoms with E-state index in [1.165, 1.54) is 63.4 Å². The van der Waals surface area contributed by atoms with Gasteiger partial charge in [0.2, 0.25) is 0 Å². The topological polar surface area (TPSA) is 24.7 Å². The lowest BCUT2D eigenvalue weighted by Crippen LogP contribution is -1.91. The molecule has 0 aliphatic rings. The minimum Gasteiger partial charge on any atom is -0.193 e. The van der Waals surface area contributed by atoms with Gasteiger partial charge in [0.15, 0.2) is 0 Å². The van der Waals surface area contributed by atoms with Crippen LogP contribution in [0.1, 0.15) is 85.5 Å². The Hall–Kier alpha value is -0.660. The van der Waals surface area contributed by atoms with E-state index in [2.05, 4.69) is 37.9 Å². The van der Waals surface area contributed by atoms with Crippen LogP contribution in [0, 0.1) is 11.8 Å². The lowest BCUT2D eigenvalue weighted by Gasteiger charge is -2.08. The van der Waals surface area contributed by atoms with Gasteiger partial charge in [-0.2, -0.15) is 10.2 Å². The van der Waals surface area contributed by atoms with Crippen molar-refractivity contribution >= 4 is 0 Å². The number of unbranched alkanes of at least 4 members (excludes halogenated alkanes) is 3. The van der Waals surface area contributed by atoms with Gasteiger partial charge in [-0.1, -0.05) is 65.4 Å². The number of rotatable bonds is 12. The molecule has 0 unspecified atom stereocenters. The van der Waals surface area contributed by atoms with E-state index in [1.54, 1.807) is 7.05 Å². The number of hydrogen-bond acceptors (Lipinski definition) is 2. The minimum absolute atomic E-state index is 0.828. The normalized spacial score (nSPS) is 13.1. The molecule has 0 aliphatic heterocycles. The fourth-order valence-corrected chi connectivity index (χ4v) is 2.38. The summed E-state index contributed by atoms with van der Waals surface area (Å²) in [7, 11) is 1.75. The summed E-state index contributed by atoms with van der Waals surface area (Å²) in [5, 5.41) is 7.92. The molecule has 0 heterocycles. The SMILES string of the molecule is CN=N/C=C(/CCCCCC(C)C)CCCCC(C)C. The molecule has 0 amide bonds. The van der Waals surface area contributed by atoms with E-state index < -0.39 is 0 Å². The first-order valence-corrected chi connectivity index (χ1v) is 8.53. The van der Waals surface area contributed by atoms with Gasteiger partial charge in [-0.25, -0.2) is 0 Å². The summed E-state index contributed by atoms with van der Waals surface area (Å²) < 4.78 is 0. The molecule has 0 bridgehead atoms. The van der Waals surface area contributed by atoms with Crippen LogP contribution in [0.15, 0.2) is 22.0 Å². The molecule has 0 aromatic carbocycles. The fourth-order valence-electron chi connectivity index (χ4n) is 2.38. The van der Waals surface area contributed by atoms with Crippen LogP contribution in [0.5, 0.6) is 0 Å². The van der Waals surface area contributed by atoms with Gasteiger partial charge in [-0.15, -0.1) is 0 Å². The first-order valence-electron chi connectivity index (χ1n) is 8.53. The summed E-state index contributed by atoms with van der Waals surface area (Å²) in [6.45, 7) is 9.22. The van der Waals surface area contributed by atoms with Crippen LogP contribution >= 0.6 is 0 Å². The third-order valence-corrected chi connectivity index (χ3v) is 3.66. The van der Waals surface area contributed by atoms with Gasteiger partial charge in [0.25, 0.3) is 0 Å². The highest BCUT2D eigenvalue weighted by Gasteiger charge is 2.01. The molecule has 0 aromatic heterocycles. The average molecular weight is 280 g/mol. The molecule has 118 valence electrons. The molecule has 0 saturated carbocycles. The van der Waals surface area contributed by atoms with Gasteiger partial charge in [0.1, 0.15) is 0 Å². The van der Waals surface area contributed by atoms with Gasteiger partial charge in [-0.05, 0) is 37.5 Å². The largest absolute Gasteiger partial charge is 0.193 e. The highest BCUT2D eigenvalue weighted by Crippen LogP contribution is 2.19. The zero-order valence-corrected chi connectivity index (χ0v) is 14.5. The fraction of sp³-hybridized carbons (Fsp3) is 0.889. The zero-order valence-electron chi connectivity index (χ0n) is 14.5. The summed E-state index contributed by atoms with van der Waals surface area (Å²) in [5.74, 6) is 1.67. The van der Waals surface area contributed by atoms with Gasteiger partial charge < -0.3 is 0 Å². The van der Waals surface area contributed by atoms with Crippen molar-refractivity contribution in [1.29, 1.82) is 0 Å². The lowest BCUT2D eigenvalue weighted by molar-refractivity contribution is 0.518. The highest BCUT2D eigenvalue weighted by molar-refractivity contribution is 5.00. The molecule has 2 heteroatoms. The molecule has 20 heavy (non-hydrogen) atoms. The Balaban J connectivity index is 3.85. The highest BCUT2D eigenvalue weighted by atomic mass is 15.1. The van der Waals surface area contributed by atoms with Gasteiger partial charge in [-0.3, -0.25) is 0 Å². The smallest absolute Gasteiger partial charge is 0.0491 e. The second-order valence-electron chi connectivity index (χ2n) is 6.74. The molecular formula is C18H36N2. The van der Waals surface area contributed by atoms with Crippen molar-refractivity contribution in [2.45, 2.75) is 85.5 Å². The number of allylic oxidation sites excluding steroid dienone is 1. The summed E-state index contributed by atoms with van der Waals surface area (Å²) in [6.07, 6.45) is 13.8. The monoisotopic (exact) mass is 280 g/mol. The maximum atomic E-state index is 4.08. The predicted octanol–water partition coefficient (Wildman–Crippen LogP) is 6.78. The first kappa shape index (κ1) is 19.3. The summed E-state index contributed by atoms with van der Waals surface area (Å²) >= 11 is 0. The molecule has 0 radical (unpaired) electrons. The predicted molar refractivity (Wildman–Crippen MR) is 90.1 cm³/mol. The van der Waals surface area contributed by atoms with Crippen LogP contribution < -0.4 is 0 Å². The first-order chi connectivity index (χ1) is 9.56. The van der Waals surface area contributed by atoms with Gasteiger partial charge in [0, 0.05) is 13.2 Å². The minimum atomic E-state index is 0.828. The van der Waals surface area contributed by atoms with E-state index in [1.807, 2.05) is 6.20 Å². The second-order valence-corrected chi connectivity index (χ2v) is 6.74. The summed E-state index contributed by atoms with van der Waals surface area (Å²) in [6, 6.07) is 0. The maximum Gasteiger partial charge on any atom is 0.0491 e. The number of nitrogens with zero attached hydrogens (tertiary/aromatic N) is 2. The van der Waals surface area contributed by atoms with Crippen LogP contribution in [-0.4, -0.2) is 7.05 Å². The van der Waals surface area contributed by atoms with E-state index >= 15 is 0 Å². The van der Waals surface area contributed by atoms with Crippen molar-refractivity contribution in [3.05, 3.63) is 11.8 Å². The number of azo groups is 1. The third kappa shape index (κ3) is 13.8. The zero-order chi connectivity index (χ0) is 15.2. The Morgan fingerprint density at radius 1 is 0.800 bits per heavy atom. The van der Waals surface area contributed by atoms with Crippen LogP contribution in [0.4, 0.5) is 0 Å². The van der Waals surface area contributed by atoms with Gasteiger partial charge in [0.05, 0.1) is 0 Å². The van der Waals surface area contributed by atoms with Crippen molar-refractivity contribution in [2.24, 2.45) is 22.1 Å². The molecular weight excluding hydrogens is 244 g/mol.